The van der Waals surface area contributed by atoms with Crippen molar-refractivity contribution in [3.63, 3.8) is 0 Å². The summed E-state index contributed by atoms with van der Waals surface area (Å²) in [7, 11) is 1.94. The molecule has 2 unspecified atom stereocenters. The number of Topliss-reactive ketones (excluding diaryl/α,β-unsaturated/α-hetero) is 1. The van der Waals surface area contributed by atoms with E-state index in [-0.39, 0.29) is 24.3 Å². The number of hydrogen-bond acceptors (Lipinski definition) is 7. The van der Waals surface area contributed by atoms with Gasteiger partial charge < -0.3 is 19.3 Å². The van der Waals surface area contributed by atoms with Crippen LogP contribution in [-0.4, -0.2) is 59.8 Å². The zero-order chi connectivity index (χ0) is 25.4. The second-order valence-electron chi connectivity index (χ2n) is 9.94. The molecule has 0 bridgehead atoms. The first-order chi connectivity index (χ1) is 17.4. The van der Waals surface area contributed by atoms with E-state index in [1.54, 1.807) is 24.0 Å². The number of unbranched alkanes of at least 4 members (excludes halogenated alkanes) is 1. The number of carbonyl (C=O) groups excluding carboxylic acids is 2. The fraction of sp³-hybridized carbons (Fsp3) is 0.500. The summed E-state index contributed by atoms with van der Waals surface area (Å²) in [5, 5.41) is 8.61. The number of nitrogens with zero attached hydrogens (tertiary/aromatic N) is 3. The van der Waals surface area contributed by atoms with Gasteiger partial charge in [-0.05, 0) is 50.5 Å². The molecule has 1 N–H and O–H groups in total. The summed E-state index contributed by atoms with van der Waals surface area (Å²) in [6, 6.07) is 9.28. The third-order valence-corrected chi connectivity index (χ3v) is 7.37. The van der Waals surface area contributed by atoms with Gasteiger partial charge in [0, 0.05) is 36.3 Å². The van der Waals surface area contributed by atoms with Crippen molar-refractivity contribution >= 4 is 23.3 Å². The SMILES string of the molecule is CCCCC1C(C(=O)OCC)Oc2ccc(C(=O)CN3Cc4ccc(C5CC5)nc4C3=N)cc2N1C. The molecular weight excluding hydrogens is 456 g/mol. The highest BCUT2D eigenvalue weighted by Crippen LogP contribution is 2.40. The summed E-state index contributed by atoms with van der Waals surface area (Å²) in [4.78, 5) is 34.5. The molecule has 8 nitrogen and oxygen atoms in total. The van der Waals surface area contributed by atoms with Crippen LogP contribution in [0.5, 0.6) is 5.75 Å². The number of nitrogens with one attached hydrogen (secondary N) is 1. The maximum atomic E-state index is 13.3. The van der Waals surface area contributed by atoms with E-state index in [4.69, 9.17) is 19.9 Å². The van der Waals surface area contributed by atoms with Gasteiger partial charge in [-0.25, -0.2) is 9.78 Å². The standard InChI is InChI=1S/C28H34N4O4/c1-4-6-7-21-26(28(34)35-5-2)36-24-13-11-18(14-22(24)31(21)3)23(33)16-32-15-19-10-12-20(17-8-9-17)30-25(19)27(32)29/h10-14,17,21,26,29H,4-9,15-16H2,1-3H3. The number of benzene rings is 1. The molecule has 2 aromatic rings. The molecule has 0 saturated heterocycles. The predicted molar refractivity (Wildman–Crippen MR) is 137 cm³/mol. The van der Waals surface area contributed by atoms with Crippen molar-refractivity contribution in [2.24, 2.45) is 0 Å². The molecule has 1 fully saturated rings. The van der Waals surface area contributed by atoms with Gasteiger partial charge in [-0.2, -0.15) is 0 Å². The lowest BCUT2D eigenvalue weighted by atomic mass is 9.98. The molecule has 0 amide bonds. The van der Waals surface area contributed by atoms with Crippen molar-refractivity contribution in [2.75, 3.05) is 25.1 Å². The molecule has 3 aliphatic rings. The average Bonchev–Trinajstić information content (AvgIpc) is 3.68. The topological polar surface area (TPSA) is 95.8 Å². The van der Waals surface area contributed by atoms with E-state index in [9.17, 15) is 9.59 Å². The number of rotatable bonds is 9. The minimum Gasteiger partial charge on any atom is -0.474 e. The Labute approximate surface area is 212 Å². The number of hydrogen-bond donors (Lipinski definition) is 1. The average molecular weight is 491 g/mol. The smallest absolute Gasteiger partial charge is 0.349 e. The Kier molecular flexibility index (Phi) is 6.69. The maximum absolute atomic E-state index is 13.3. The van der Waals surface area contributed by atoms with Crippen molar-refractivity contribution in [1.29, 1.82) is 5.41 Å². The zero-order valence-electron chi connectivity index (χ0n) is 21.3. The van der Waals surface area contributed by atoms with Gasteiger partial charge >= 0.3 is 5.97 Å². The Bertz CT molecular complexity index is 1190. The van der Waals surface area contributed by atoms with Gasteiger partial charge in [-0.3, -0.25) is 10.2 Å². The van der Waals surface area contributed by atoms with Crippen LogP contribution in [-0.2, 0) is 16.1 Å². The summed E-state index contributed by atoms with van der Waals surface area (Å²) in [6.07, 6.45) is 4.37. The lowest BCUT2D eigenvalue weighted by molar-refractivity contribution is -0.153. The summed E-state index contributed by atoms with van der Waals surface area (Å²) in [5.41, 5.74) is 4.11. The molecule has 5 rings (SSSR count). The molecule has 1 aromatic heterocycles. The maximum Gasteiger partial charge on any atom is 0.349 e. The normalized spacial score (nSPS) is 20.6. The van der Waals surface area contributed by atoms with Crippen LogP contribution in [0.15, 0.2) is 30.3 Å². The van der Waals surface area contributed by atoms with Gasteiger partial charge in [0.1, 0.15) is 17.3 Å². The van der Waals surface area contributed by atoms with E-state index in [0.717, 1.165) is 49.0 Å². The second-order valence-corrected chi connectivity index (χ2v) is 9.94. The van der Waals surface area contributed by atoms with Crippen LogP contribution >= 0.6 is 0 Å². The third kappa shape index (κ3) is 4.56. The third-order valence-electron chi connectivity index (χ3n) is 7.37. The number of likely N-dealkylation sites (N-methyl/N-ethyl adjacent to an activating group) is 1. The van der Waals surface area contributed by atoms with E-state index in [2.05, 4.69) is 19.1 Å². The lowest BCUT2D eigenvalue weighted by Crippen LogP contribution is -2.52. The Morgan fingerprint density at radius 1 is 1.19 bits per heavy atom. The molecule has 1 saturated carbocycles. The molecule has 8 heteroatoms. The number of ether oxygens (including phenoxy) is 2. The van der Waals surface area contributed by atoms with Crippen molar-refractivity contribution in [3.05, 3.63) is 52.8 Å². The number of ketones is 1. The monoisotopic (exact) mass is 490 g/mol. The van der Waals surface area contributed by atoms with Crippen molar-refractivity contribution in [1.82, 2.24) is 9.88 Å². The van der Waals surface area contributed by atoms with Crippen LogP contribution in [0.25, 0.3) is 0 Å². The van der Waals surface area contributed by atoms with Crippen molar-refractivity contribution in [3.8, 4) is 5.75 Å². The molecule has 3 heterocycles. The first-order valence-electron chi connectivity index (χ1n) is 13.0. The van der Waals surface area contributed by atoms with Crippen LogP contribution in [0.3, 0.4) is 0 Å². The lowest BCUT2D eigenvalue weighted by Gasteiger charge is -2.40. The van der Waals surface area contributed by atoms with Gasteiger partial charge in [0.25, 0.3) is 0 Å². The van der Waals surface area contributed by atoms with Crippen LogP contribution in [0.4, 0.5) is 5.69 Å². The van der Waals surface area contributed by atoms with E-state index in [0.29, 0.717) is 41.9 Å². The number of pyridine rings is 1. The number of amidine groups is 1. The van der Waals surface area contributed by atoms with Crippen molar-refractivity contribution < 1.29 is 19.1 Å². The predicted octanol–water partition coefficient (Wildman–Crippen LogP) is 4.30. The Morgan fingerprint density at radius 2 is 2.00 bits per heavy atom. The molecule has 0 radical (unpaired) electrons. The number of esters is 1. The van der Waals surface area contributed by atoms with Gasteiger partial charge in [0.05, 0.1) is 24.9 Å². The van der Waals surface area contributed by atoms with Crippen LogP contribution < -0.4 is 9.64 Å². The fourth-order valence-electron chi connectivity index (χ4n) is 5.13. The highest BCUT2D eigenvalue weighted by atomic mass is 16.6. The highest BCUT2D eigenvalue weighted by molar-refractivity contribution is 6.04. The molecule has 1 aliphatic carbocycles. The Morgan fingerprint density at radius 3 is 2.72 bits per heavy atom. The zero-order valence-corrected chi connectivity index (χ0v) is 21.3. The summed E-state index contributed by atoms with van der Waals surface area (Å²) in [5.74, 6) is 0.984. The molecular formula is C28H34N4O4. The quantitative estimate of drug-likeness (QED) is 0.413. The number of fused-ring (bicyclic) bond motifs is 2. The number of anilines is 1. The van der Waals surface area contributed by atoms with Crippen LogP contribution in [0, 0.1) is 5.41 Å². The molecule has 1 aromatic carbocycles. The molecule has 2 atom stereocenters. The van der Waals surface area contributed by atoms with Crippen molar-refractivity contribution in [2.45, 2.75) is 70.6 Å². The Balaban J connectivity index is 1.33. The first kappa shape index (κ1) is 24.3. The van der Waals surface area contributed by atoms with E-state index < -0.39 is 6.10 Å². The number of aromatic nitrogens is 1. The second kappa shape index (κ2) is 9.91. The molecule has 190 valence electrons. The number of carbonyl (C=O) groups is 2. The summed E-state index contributed by atoms with van der Waals surface area (Å²) >= 11 is 0. The van der Waals surface area contributed by atoms with Crippen LogP contribution in [0.1, 0.15) is 79.2 Å². The summed E-state index contributed by atoms with van der Waals surface area (Å²) in [6.45, 7) is 4.84. The van der Waals surface area contributed by atoms with E-state index in [1.165, 1.54) is 0 Å². The van der Waals surface area contributed by atoms with Crippen LogP contribution in [0.2, 0.25) is 0 Å². The fourth-order valence-corrected chi connectivity index (χ4v) is 5.13. The summed E-state index contributed by atoms with van der Waals surface area (Å²) < 4.78 is 11.4. The minimum atomic E-state index is -0.702. The minimum absolute atomic E-state index is 0.0659. The van der Waals surface area contributed by atoms with Gasteiger partial charge in [-0.15, -0.1) is 0 Å². The molecule has 2 aliphatic heterocycles. The van der Waals surface area contributed by atoms with Gasteiger partial charge in [-0.1, -0.05) is 25.8 Å². The molecule has 0 spiro atoms. The van der Waals surface area contributed by atoms with Gasteiger partial charge in [0.15, 0.2) is 5.78 Å². The largest absolute Gasteiger partial charge is 0.474 e. The van der Waals surface area contributed by atoms with E-state index in [1.807, 2.05) is 18.0 Å². The Hall–Kier alpha value is -3.42. The highest BCUT2D eigenvalue weighted by Gasteiger charge is 2.40. The molecule has 36 heavy (non-hydrogen) atoms. The first-order valence-corrected chi connectivity index (χ1v) is 13.0. The van der Waals surface area contributed by atoms with Gasteiger partial charge in [0.2, 0.25) is 6.10 Å². The van der Waals surface area contributed by atoms with E-state index >= 15 is 0 Å².